The average Bonchev–Trinajstić information content (AvgIpc) is 3.05. The lowest BCUT2D eigenvalue weighted by Gasteiger charge is -2.15. The smallest absolute Gasteiger partial charge is 0.149 e. The molecule has 0 amide bonds. The molecular weight excluding hydrogens is 331 g/mol. The van der Waals surface area contributed by atoms with E-state index < -0.39 is 0 Å². The van der Waals surface area contributed by atoms with Crippen molar-refractivity contribution in [2.24, 2.45) is 0 Å². The molecule has 112 valence electrons. The van der Waals surface area contributed by atoms with Crippen molar-refractivity contribution in [1.29, 1.82) is 0 Å². The topological polar surface area (TPSA) is 42.7 Å². The quantitative estimate of drug-likeness (QED) is 0.851. The summed E-state index contributed by atoms with van der Waals surface area (Å²) in [6.45, 7) is 3.58. The molecule has 0 fully saturated rings. The van der Waals surface area contributed by atoms with E-state index in [0.717, 1.165) is 36.6 Å². The first kappa shape index (κ1) is 15.1. The third-order valence-corrected chi connectivity index (χ3v) is 4.95. The van der Waals surface area contributed by atoms with Crippen molar-refractivity contribution in [1.82, 2.24) is 20.1 Å². The van der Waals surface area contributed by atoms with Gasteiger partial charge in [-0.3, -0.25) is 0 Å². The maximum atomic E-state index is 6.21. The molecule has 4 nitrogen and oxygen atoms in total. The van der Waals surface area contributed by atoms with Crippen LogP contribution in [0.15, 0.2) is 12.1 Å². The van der Waals surface area contributed by atoms with Gasteiger partial charge in [-0.1, -0.05) is 34.8 Å². The Morgan fingerprint density at radius 1 is 1.24 bits per heavy atom. The van der Waals surface area contributed by atoms with Gasteiger partial charge in [0, 0.05) is 30.1 Å². The lowest BCUT2D eigenvalue weighted by Crippen LogP contribution is -2.22. The maximum absolute atomic E-state index is 6.21. The molecule has 1 unspecified atom stereocenters. The van der Waals surface area contributed by atoms with Crippen molar-refractivity contribution in [3.63, 3.8) is 0 Å². The van der Waals surface area contributed by atoms with Gasteiger partial charge in [0.05, 0.1) is 16.1 Å². The standard InChI is InChI=1S/C14H15Cl3N4/c1-8(14-20-19-12-3-2-6-21(12)14)18-7-9-10(15)4-5-11(16)13(9)17/h4-5,8,18H,2-3,6-7H2,1H3. The molecule has 0 radical (unpaired) electrons. The van der Waals surface area contributed by atoms with E-state index in [1.807, 2.05) is 0 Å². The van der Waals surface area contributed by atoms with Crippen LogP contribution >= 0.6 is 34.8 Å². The van der Waals surface area contributed by atoms with Crippen LogP contribution in [-0.4, -0.2) is 14.8 Å². The van der Waals surface area contributed by atoms with Crippen LogP contribution in [0.1, 0.15) is 36.6 Å². The summed E-state index contributed by atoms with van der Waals surface area (Å²) in [6.07, 6.45) is 2.14. The molecule has 1 aliphatic rings. The predicted octanol–water partition coefficient (Wildman–Crippen LogP) is 4.04. The van der Waals surface area contributed by atoms with Gasteiger partial charge in [0.2, 0.25) is 0 Å². The van der Waals surface area contributed by atoms with E-state index in [2.05, 4.69) is 27.0 Å². The van der Waals surface area contributed by atoms with E-state index in [1.165, 1.54) is 0 Å². The Labute approximate surface area is 138 Å². The molecular formula is C14H15Cl3N4. The van der Waals surface area contributed by atoms with Gasteiger partial charge in [0.1, 0.15) is 11.6 Å². The van der Waals surface area contributed by atoms with Gasteiger partial charge in [-0.2, -0.15) is 0 Å². The summed E-state index contributed by atoms with van der Waals surface area (Å²) in [5, 5.41) is 13.5. The van der Waals surface area contributed by atoms with Crippen LogP contribution in [0.2, 0.25) is 15.1 Å². The molecule has 1 atom stereocenters. The molecule has 1 aromatic heterocycles. The van der Waals surface area contributed by atoms with Crippen LogP contribution < -0.4 is 5.32 Å². The zero-order valence-electron chi connectivity index (χ0n) is 11.5. The first-order valence-corrected chi connectivity index (χ1v) is 7.99. The van der Waals surface area contributed by atoms with Gasteiger partial charge in [-0.05, 0) is 25.5 Å². The first-order valence-electron chi connectivity index (χ1n) is 6.85. The highest BCUT2D eigenvalue weighted by molar-refractivity contribution is 6.44. The summed E-state index contributed by atoms with van der Waals surface area (Å²) in [5.74, 6) is 2.02. The van der Waals surface area contributed by atoms with Crippen LogP contribution in [0.25, 0.3) is 0 Å². The van der Waals surface area contributed by atoms with E-state index >= 15 is 0 Å². The molecule has 2 heterocycles. The van der Waals surface area contributed by atoms with Gasteiger partial charge in [-0.15, -0.1) is 10.2 Å². The fourth-order valence-corrected chi connectivity index (χ4v) is 3.25. The van der Waals surface area contributed by atoms with Gasteiger partial charge in [-0.25, -0.2) is 0 Å². The Kier molecular flexibility index (Phi) is 4.41. The largest absolute Gasteiger partial charge is 0.314 e. The summed E-state index contributed by atoms with van der Waals surface area (Å²) in [6, 6.07) is 3.52. The molecule has 1 aliphatic heterocycles. The van der Waals surface area contributed by atoms with Gasteiger partial charge in [0.15, 0.2) is 0 Å². The van der Waals surface area contributed by atoms with E-state index in [-0.39, 0.29) is 6.04 Å². The molecule has 0 bridgehead atoms. The van der Waals surface area contributed by atoms with Crippen molar-refractivity contribution in [2.75, 3.05) is 0 Å². The second kappa shape index (κ2) is 6.13. The number of hydrogen-bond acceptors (Lipinski definition) is 3. The zero-order chi connectivity index (χ0) is 15.0. The SMILES string of the molecule is CC(NCc1c(Cl)ccc(Cl)c1Cl)c1nnc2n1CCC2. The summed E-state index contributed by atoms with van der Waals surface area (Å²) < 4.78 is 2.18. The Balaban J connectivity index is 1.74. The summed E-state index contributed by atoms with van der Waals surface area (Å²) >= 11 is 18.4. The average molecular weight is 346 g/mol. The second-order valence-electron chi connectivity index (χ2n) is 5.15. The molecule has 1 N–H and O–H groups in total. The first-order chi connectivity index (χ1) is 10.1. The van der Waals surface area contributed by atoms with Crippen LogP contribution in [0.3, 0.4) is 0 Å². The molecule has 0 aliphatic carbocycles. The Morgan fingerprint density at radius 2 is 2.00 bits per heavy atom. The summed E-state index contributed by atoms with van der Waals surface area (Å²) in [7, 11) is 0. The molecule has 3 rings (SSSR count). The van der Waals surface area contributed by atoms with Crippen molar-refractivity contribution in [3.05, 3.63) is 44.4 Å². The lowest BCUT2D eigenvalue weighted by atomic mass is 10.2. The van der Waals surface area contributed by atoms with Gasteiger partial charge < -0.3 is 9.88 Å². The fourth-order valence-electron chi connectivity index (χ4n) is 2.57. The molecule has 1 aromatic carbocycles. The Morgan fingerprint density at radius 3 is 2.81 bits per heavy atom. The zero-order valence-corrected chi connectivity index (χ0v) is 13.8. The van der Waals surface area contributed by atoms with Crippen molar-refractivity contribution in [3.8, 4) is 0 Å². The van der Waals surface area contributed by atoms with Crippen LogP contribution in [0.5, 0.6) is 0 Å². The molecule has 21 heavy (non-hydrogen) atoms. The number of rotatable bonds is 4. The van der Waals surface area contributed by atoms with Crippen LogP contribution in [0, 0.1) is 0 Å². The minimum atomic E-state index is 0.0652. The van der Waals surface area contributed by atoms with Gasteiger partial charge in [0.25, 0.3) is 0 Å². The van der Waals surface area contributed by atoms with Crippen LogP contribution in [-0.2, 0) is 19.5 Å². The highest BCUT2D eigenvalue weighted by Gasteiger charge is 2.21. The minimum Gasteiger partial charge on any atom is -0.314 e. The number of hydrogen-bond donors (Lipinski definition) is 1. The van der Waals surface area contributed by atoms with E-state index in [4.69, 9.17) is 34.8 Å². The fraction of sp³-hybridized carbons (Fsp3) is 0.429. The van der Waals surface area contributed by atoms with E-state index in [1.54, 1.807) is 12.1 Å². The Hall–Kier alpha value is -0.810. The molecule has 2 aromatic rings. The number of nitrogens with zero attached hydrogens (tertiary/aromatic N) is 3. The lowest BCUT2D eigenvalue weighted by molar-refractivity contribution is 0.516. The number of fused-ring (bicyclic) bond motifs is 1. The van der Waals surface area contributed by atoms with Crippen molar-refractivity contribution < 1.29 is 0 Å². The number of aryl methyl sites for hydroxylation is 1. The minimum absolute atomic E-state index is 0.0652. The predicted molar refractivity (Wildman–Crippen MR) is 85.1 cm³/mol. The van der Waals surface area contributed by atoms with Crippen molar-refractivity contribution in [2.45, 2.75) is 38.9 Å². The van der Waals surface area contributed by atoms with Crippen LogP contribution in [0.4, 0.5) is 0 Å². The second-order valence-corrected chi connectivity index (χ2v) is 6.35. The maximum Gasteiger partial charge on any atom is 0.149 e. The summed E-state index contributed by atoms with van der Waals surface area (Å²) in [5.41, 5.74) is 0.804. The normalized spacial score (nSPS) is 15.2. The summed E-state index contributed by atoms with van der Waals surface area (Å²) in [4.78, 5) is 0. The van der Waals surface area contributed by atoms with Crippen molar-refractivity contribution >= 4 is 34.8 Å². The monoisotopic (exact) mass is 344 g/mol. The number of aromatic nitrogens is 3. The molecule has 0 saturated heterocycles. The number of benzene rings is 1. The number of halogens is 3. The molecule has 0 saturated carbocycles. The number of nitrogens with one attached hydrogen (secondary N) is 1. The highest BCUT2D eigenvalue weighted by atomic mass is 35.5. The third-order valence-electron chi connectivity index (χ3n) is 3.75. The van der Waals surface area contributed by atoms with E-state index in [0.29, 0.717) is 21.6 Å². The van der Waals surface area contributed by atoms with E-state index in [9.17, 15) is 0 Å². The molecule has 0 spiro atoms. The van der Waals surface area contributed by atoms with Gasteiger partial charge >= 0.3 is 0 Å². The highest BCUT2D eigenvalue weighted by Crippen LogP contribution is 2.31. The Bertz CT molecular complexity index is 668. The third kappa shape index (κ3) is 2.90. The molecule has 7 heteroatoms.